The van der Waals surface area contributed by atoms with Gasteiger partial charge in [-0.15, -0.1) is 0 Å². The van der Waals surface area contributed by atoms with Gasteiger partial charge in [0.2, 0.25) is 0 Å². The molecule has 24 heavy (non-hydrogen) atoms. The largest absolute Gasteiger partial charge is 0.507 e. The lowest BCUT2D eigenvalue weighted by Crippen LogP contribution is -1.97. The molecule has 2 N–H and O–H groups in total. The maximum Gasteiger partial charge on any atom is 0.157 e. The Bertz CT molecular complexity index is 1010. The highest BCUT2D eigenvalue weighted by molar-refractivity contribution is 5.82. The Labute approximate surface area is 137 Å². The van der Waals surface area contributed by atoms with E-state index < -0.39 is 0 Å². The van der Waals surface area contributed by atoms with Crippen molar-refractivity contribution in [3.05, 3.63) is 72.9 Å². The number of hydrogen-bond acceptors (Lipinski definition) is 4. The molecule has 4 rings (SSSR count). The first-order valence-corrected chi connectivity index (χ1v) is 7.35. The van der Waals surface area contributed by atoms with Gasteiger partial charge in [-0.25, -0.2) is 9.37 Å². The summed E-state index contributed by atoms with van der Waals surface area (Å²) in [7, 11) is 0. The lowest BCUT2D eigenvalue weighted by Gasteiger charge is -2.09. The molecule has 0 saturated carbocycles. The maximum absolute atomic E-state index is 13.1. The summed E-state index contributed by atoms with van der Waals surface area (Å²) in [5.41, 5.74) is 2.54. The van der Waals surface area contributed by atoms with E-state index >= 15 is 0 Å². The monoisotopic (exact) mass is 320 g/mol. The zero-order valence-electron chi connectivity index (χ0n) is 12.5. The highest BCUT2D eigenvalue weighted by atomic mass is 19.1. The van der Waals surface area contributed by atoms with Crippen molar-refractivity contribution in [1.82, 2.24) is 14.4 Å². The lowest BCUT2D eigenvalue weighted by atomic mass is 10.1. The van der Waals surface area contributed by atoms with Crippen molar-refractivity contribution in [2.75, 3.05) is 5.32 Å². The van der Waals surface area contributed by atoms with Crippen LogP contribution in [0.5, 0.6) is 5.75 Å². The molecule has 0 aliphatic heterocycles. The fourth-order valence-electron chi connectivity index (χ4n) is 2.56. The van der Waals surface area contributed by atoms with E-state index in [4.69, 9.17) is 0 Å². The maximum atomic E-state index is 13.1. The quantitative estimate of drug-likeness (QED) is 0.599. The van der Waals surface area contributed by atoms with E-state index in [2.05, 4.69) is 15.3 Å². The number of phenolic OH excluding ortho intramolecular Hbond substituents is 1. The molecule has 0 amide bonds. The third kappa shape index (κ3) is 2.44. The normalized spacial score (nSPS) is 10.9. The second kappa shape index (κ2) is 5.66. The van der Waals surface area contributed by atoms with Crippen molar-refractivity contribution < 1.29 is 9.50 Å². The van der Waals surface area contributed by atoms with Crippen LogP contribution in [0.2, 0.25) is 0 Å². The number of para-hydroxylation sites is 1. The number of anilines is 2. The van der Waals surface area contributed by atoms with Gasteiger partial charge in [0.25, 0.3) is 0 Å². The summed E-state index contributed by atoms with van der Waals surface area (Å²) in [6, 6.07) is 13.0. The average molecular weight is 320 g/mol. The Morgan fingerprint density at radius 2 is 1.83 bits per heavy atom. The van der Waals surface area contributed by atoms with Crippen LogP contribution in [0.25, 0.3) is 16.9 Å². The van der Waals surface area contributed by atoms with Crippen LogP contribution < -0.4 is 5.32 Å². The molecule has 0 bridgehead atoms. The number of nitrogens with one attached hydrogen (secondary N) is 1. The summed E-state index contributed by atoms with van der Waals surface area (Å²) < 4.78 is 15.0. The Balaban J connectivity index is 1.90. The van der Waals surface area contributed by atoms with Crippen molar-refractivity contribution in [3.8, 4) is 17.0 Å². The fraction of sp³-hybridized carbons (Fsp3) is 0. The van der Waals surface area contributed by atoms with E-state index in [1.165, 1.54) is 12.1 Å². The highest BCUT2D eigenvalue weighted by Crippen LogP contribution is 2.35. The molecule has 5 nitrogen and oxygen atoms in total. The van der Waals surface area contributed by atoms with Gasteiger partial charge in [-0.3, -0.25) is 9.38 Å². The number of benzene rings is 2. The second-order valence-electron chi connectivity index (χ2n) is 5.26. The molecule has 2 heterocycles. The number of halogens is 1. The smallest absolute Gasteiger partial charge is 0.157 e. The molecular weight excluding hydrogens is 307 g/mol. The van der Waals surface area contributed by atoms with Gasteiger partial charge in [0, 0.05) is 23.6 Å². The number of phenols is 1. The van der Waals surface area contributed by atoms with Gasteiger partial charge in [0.1, 0.15) is 23.1 Å². The Kier molecular flexibility index (Phi) is 3.35. The van der Waals surface area contributed by atoms with Crippen LogP contribution in [0.3, 0.4) is 0 Å². The van der Waals surface area contributed by atoms with E-state index in [9.17, 15) is 9.50 Å². The number of aromatic hydroxyl groups is 1. The van der Waals surface area contributed by atoms with E-state index in [0.29, 0.717) is 28.4 Å². The van der Waals surface area contributed by atoms with E-state index in [1.54, 1.807) is 48.9 Å². The Morgan fingerprint density at radius 1 is 1.04 bits per heavy atom. The molecular formula is C18H13FN4O. The minimum atomic E-state index is -0.302. The van der Waals surface area contributed by atoms with Crippen molar-refractivity contribution in [2.24, 2.45) is 0 Å². The number of fused-ring (bicyclic) bond motifs is 1. The second-order valence-corrected chi connectivity index (χ2v) is 5.26. The molecule has 0 atom stereocenters. The van der Waals surface area contributed by atoms with Crippen LogP contribution >= 0.6 is 0 Å². The van der Waals surface area contributed by atoms with Gasteiger partial charge < -0.3 is 10.4 Å². The molecule has 0 unspecified atom stereocenters. The topological polar surface area (TPSA) is 62.5 Å². The molecule has 0 aliphatic carbocycles. The summed E-state index contributed by atoms with van der Waals surface area (Å²) in [5, 5.41) is 13.4. The van der Waals surface area contributed by atoms with Gasteiger partial charge >= 0.3 is 0 Å². The SMILES string of the molecule is Oc1ccccc1-c1nc2cnccn2c1Nc1ccc(F)cc1. The van der Waals surface area contributed by atoms with Crippen LogP contribution in [0, 0.1) is 5.82 Å². The lowest BCUT2D eigenvalue weighted by molar-refractivity contribution is 0.477. The highest BCUT2D eigenvalue weighted by Gasteiger charge is 2.16. The summed E-state index contributed by atoms with van der Waals surface area (Å²) in [5.74, 6) is 0.500. The van der Waals surface area contributed by atoms with Crippen LogP contribution in [0.1, 0.15) is 0 Å². The summed E-state index contributed by atoms with van der Waals surface area (Å²) in [6.07, 6.45) is 5.07. The number of nitrogens with zero attached hydrogens (tertiary/aromatic N) is 3. The van der Waals surface area contributed by atoms with Gasteiger partial charge in [-0.2, -0.15) is 0 Å². The number of hydrogen-bond donors (Lipinski definition) is 2. The van der Waals surface area contributed by atoms with Crippen molar-refractivity contribution in [1.29, 1.82) is 0 Å². The third-order valence-corrected chi connectivity index (χ3v) is 3.70. The van der Waals surface area contributed by atoms with Crippen molar-refractivity contribution in [3.63, 3.8) is 0 Å². The zero-order valence-corrected chi connectivity index (χ0v) is 12.5. The predicted octanol–water partition coefficient (Wildman–Crippen LogP) is 3.98. The van der Waals surface area contributed by atoms with E-state index in [-0.39, 0.29) is 11.6 Å². The molecule has 0 fully saturated rings. The predicted molar refractivity (Wildman–Crippen MR) is 89.8 cm³/mol. The zero-order chi connectivity index (χ0) is 16.5. The van der Waals surface area contributed by atoms with Crippen LogP contribution in [-0.4, -0.2) is 19.5 Å². The molecule has 2 aromatic heterocycles. The molecule has 118 valence electrons. The summed E-state index contributed by atoms with van der Waals surface area (Å²) in [4.78, 5) is 8.64. The number of aromatic nitrogens is 3. The third-order valence-electron chi connectivity index (χ3n) is 3.70. The van der Waals surface area contributed by atoms with Crippen LogP contribution in [-0.2, 0) is 0 Å². The summed E-state index contributed by atoms with van der Waals surface area (Å²) >= 11 is 0. The number of imidazole rings is 1. The standard InChI is InChI=1S/C18H13FN4O/c19-12-5-7-13(8-6-12)21-18-17(14-3-1-2-4-15(14)24)22-16-11-20-9-10-23(16)18/h1-11,21,24H. The van der Waals surface area contributed by atoms with Gasteiger partial charge in [0.15, 0.2) is 5.65 Å². The first-order valence-electron chi connectivity index (χ1n) is 7.35. The minimum absolute atomic E-state index is 0.135. The van der Waals surface area contributed by atoms with Gasteiger partial charge in [0.05, 0.1) is 6.20 Å². The van der Waals surface area contributed by atoms with Gasteiger partial charge in [-0.05, 0) is 36.4 Å². The van der Waals surface area contributed by atoms with Crippen molar-refractivity contribution in [2.45, 2.75) is 0 Å². The number of rotatable bonds is 3. The molecule has 0 radical (unpaired) electrons. The molecule has 0 aliphatic rings. The Hall–Kier alpha value is -3.41. The molecule has 0 spiro atoms. The minimum Gasteiger partial charge on any atom is -0.507 e. The first kappa shape index (κ1) is 14.2. The van der Waals surface area contributed by atoms with Crippen molar-refractivity contribution >= 4 is 17.2 Å². The van der Waals surface area contributed by atoms with Crippen LogP contribution in [0.4, 0.5) is 15.9 Å². The molecule has 0 saturated heterocycles. The van der Waals surface area contributed by atoms with E-state index in [1.807, 2.05) is 10.5 Å². The first-order chi connectivity index (χ1) is 11.7. The fourth-order valence-corrected chi connectivity index (χ4v) is 2.56. The molecule has 4 aromatic rings. The molecule has 6 heteroatoms. The Morgan fingerprint density at radius 3 is 2.62 bits per heavy atom. The average Bonchev–Trinajstić information content (AvgIpc) is 2.96. The van der Waals surface area contributed by atoms with Crippen LogP contribution in [0.15, 0.2) is 67.1 Å². The van der Waals surface area contributed by atoms with Gasteiger partial charge in [-0.1, -0.05) is 12.1 Å². The summed E-state index contributed by atoms with van der Waals surface area (Å²) in [6.45, 7) is 0. The molecule has 2 aromatic carbocycles. The van der Waals surface area contributed by atoms with E-state index in [0.717, 1.165) is 0 Å².